The maximum absolute atomic E-state index is 12.9. The Morgan fingerprint density at radius 3 is 0.930 bits per heavy atom. The van der Waals surface area contributed by atoms with E-state index >= 15 is 0 Å². The van der Waals surface area contributed by atoms with E-state index in [4.69, 9.17) is 14.2 Å². The van der Waals surface area contributed by atoms with E-state index in [0.717, 1.165) is 83.5 Å². The largest absolute Gasteiger partial charge is 0.462 e. The Bertz CT molecular complexity index is 1370. The maximum atomic E-state index is 12.9. The van der Waals surface area contributed by atoms with Crippen LogP contribution >= 0.6 is 0 Å². The molecule has 0 heterocycles. The fourth-order valence-electron chi connectivity index (χ4n) is 8.39. The van der Waals surface area contributed by atoms with Gasteiger partial charge >= 0.3 is 17.9 Å². The average Bonchev–Trinajstić information content (AvgIpc) is 3.37. The van der Waals surface area contributed by atoms with Crippen molar-refractivity contribution in [2.24, 2.45) is 0 Å². The zero-order chi connectivity index (χ0) is 51.4. The number of allylic oxidation sites excluding steroid dienone is 14. The molecular weight excluding hydrogens is 877 g/mol. The molecular formula is C65H112O6. The van der Waals surface area contributed by atoms with Crippen molar-refractivity contribution in [1.29, 1.82) is 0 Å². The fourth-order valence-corrected chi connectivity index (χ4v) is 8.39. The molecule has 0 aromatic heterocycles. The molecule has 0 spiro atoms. The van der Waals surface area contributed by atoms with Crippen LogP contribution < -0.4 is 0 Å². The van der Waals surface area contributed by atoms with E-state index in [1.807, 2.05) is 0 Å². The standard InChI is InChI=1S/C65H112O6/c1-4-7-10-13-16-19-22-25-28-31-32-35-37-40-43-46-49-52-55-58-64(67)70-61-62(71-65(68)59-56-53-50-47-44-41-38-34-30-27-24-21-18-15-12-9-6-3)60-69-63(66)57-54-51-48-45-42-39-36-33-29-26-23-20-17-14-11-8-5-2/h7,10,16,18-19,21,25,27-28,30,38,41,47,50,62H,4-6,8-9,11-15,17,20,22-24,26,29,31-37,39-40,42-46,48-49,51-61H2,1-3H3/b10-7-,19-16-,21-18-,28-25-,30-27-,41-38-,50-47-. The van der Waals surface area contributed by atoms with Crippen molar-refractivity contribution >= 4 is 17.9 Å². The lowest BCUT2D eigenvalue weighted by atomic mass is 10.0. The molecule has 0 N–H and O–H groups in total. The summed E-state index contributed by atoms with van der Waals surface area (Å²) in [5, 5.41) is 0. The number of carbonyl (C=O) groups is 3. The van der Waals surface area contributed by atoms with Gasteiger partial charge in [0.15, 0.2) is 6.10 Å². The summed E-state index contributed by atoms with van der Waals surface area (Å²) in [4.78, 5) is 38.2. The Labute approximate surface area is 439 Å². The first-order valence-corrected chi connectivity index (χ1v) is 30.1. The van der Waals surface area contributed by atoms with Crippen LogP contribution in [-0.4, -0.2) is 37.2 Å². The Hall–Kier alpha value is -3.41. The lowest BCUT2D eigenvalue weighted by Crippen LogP contribution is -2.30. The quantitative estimate of drug-likeness (QED) is 0.0261. The van der Waals surface area contributed by atoms with Crippen molar-refractivity contribution in [3.63, 3.8) is 0 Å². The molecule has 0 radical (unpaired) electrons. The van der Waals surface area contributed by atoms with Crippen molar-refractivity contribution in [3.8, 4) is 0 Å². The zero-order valence-electron chi connectivity index (χ0n) is 46.7. The molecule has 0 saturated heterocycles. The van der Waals surface area contributed by atoms with Crippen LogP contribution in [0.2, 0.25) is 0 Å². The van der Waals surface area contributed by atoms with E-state index in [9.17, 15) is 14.4 Å². The molecule has 0 aliphatic carbocycles. The van der Waals surface area contributed by atoms with Crippen LogP contribution in [-0.2, 0) is 28.6 Å². The molecule has 0 aliphatic heterocycles. The molecule has 0 aliphatic rings. The first-order chi connectivity index (χ1) is 35.0. The summed E-state index contributed by atoms with van der Waals surface area (Å²) >= 11 is 0. The summed E-state index contributed by atoms with van der Waals surface area (Å²) in [6.45, 7) is 6.48. The predicted octanol–water partition coefficient (Wildman–Crippen LogP) is 20.3. The number of ether oxygens (including phenoxy) is 3. The second-order valence-corrected chi connectivity index (χ2v) is 19.9. The normalized spacial score (nSPS) is 12.7. The van der Waals surface area contributed by atoms with Gasteiger partial charge in [0.25, 0.3) is 0 Å². The van der Waals surface area contributed by atoms with Crippen LogP contribution in [0.15, 0.2) is 85.1 Å². The number of hydrogen-bond donors (Lipinski definition) is 0. The Morgan fingerprint density at radius 2 is 0.563 bits per heavy atom. The van der Waals surface area contributed by atoms with Gasteiger partial charge in [0, 0.05) is 19.3 Å². The first kappa shape index (κ1) is 67.6. The smallest absolute Gasteiger partial charge is 0.306 e. The second kappa shape index (κ2) is 59.2. The molecule has 408 valence electrons. The van der Waals surface area contributed by atoms with Gasteiger partial charge in [-0.2, -0.15) is 0 Å². The summed E-state index contributed by atoms with van der Waals surface area (Å²) < 4.78 is 16.9. The van der Waals surface area contributed by atoms with Crippen LogP contribution in [0.1, 0.15) is 290 Å². The molecule has 1 unspecified atom stereocenters. The van der Waals surface area contributed by atoms with Crippen LogP contribution in [0.3, 0.4) is 0 Å². The van der Waals surface area contributed by atoms with Crippen molar-refractivity contribution in [2.75, 3.05) is 13.2 Å². The third-order valence-electron chi connectivity index (χ3n) is 12.9. The summed E-state index contributed by atoms with van der Waals surface area (Å²) in [6, 6.07) is 0. The summed E-state index contributed by atoms with van der Waals surface area (Å²) in [6.07, 6.45) is 77.2. The number of rotatable bonds is 54. The third kappa shape index (κ3) is 57.4. The van der Waals surface area contributed by atoms with E-state index < -0.39 is 6.10 Å². The van der Waals surface area contributed by atoms with Crippen LogP contribution in [0.25, 0.3) is 0 Å². The molecule has 6 heteroatoms. The zero-order valence-corrected chi connectivity index (χ0v) is 46.7. The van der Waals surface area contributed by atoms with Gasteiger partial charge < -0.3 is 14.2 Å². The Balaban J connectivity index is 4.44. The van der Waals surface area contributed by atoms with Gasteiger partial charge in [-0.25, -0.2) is 0 Å². The minimum absolute atomic E-state index is 0.0975. The van der Waals surface area contributed by atoms with Gasteiger partial charge in [-0.3, -0.25) is 14.4 Å². The monoisotopic (exact) mass is 989 g/mol. The number of esters is 3. The fraction of sp³-hybridized carbons (Fsp3) is 0.738. The van der Waals surface area contributed by atoms with Crippen LogP contribution in [0, 0.1) is 0 Å². The average molecular weight is 990 g/mol. The molecule has 0 amide bonds. The highest BCUT2D eigenvalue weighted by Crippen LogP contribution is 2.16. The molecule has 0 rings (SSSR count). The third-order valence-corrected chi connectivity index (χ3v) is 12.9. The lowest BCUT2D eigenvalue weighted by Gasteiger charge is -2.18. The number of hydrogen-bond acceptors (Lipinski definition) is 6. The highest BCUT2D eigenvalue weighted by molar-refractivity contribution is 5.71. The lowest BCUT2D eigenvalue weighted by molar-refractivity contribution is -0.167. The maximum Gasteiger partial charge on any atom is 0.306 e. The summed E-state index contributed by atoms with van der Waals surface area (Å²) in [5.41, 5.74) is 0. The summed E-state index contributed by atoms with van der Waals surface area (Å²) in [7, 11) is 0. The van der Waals surface area contributed by atoms with Gasteiger partial charge in [-0.15, -0.1) is 0 Å². The minimum atomic E-state index is -0.807. The highest BCUT2D eigenvalue weighted by Gasteiger charge is 2.19. The van der Waals surface area contributed by atoms with E-state index in [1.165, 1.54) is 161 Å². The summed E-state index contributed by atoms with van der Waals surface area (Å²) in [5.74, 6) is -0.949. The van der Waals surface area contributed by atoms with Crippen LogP contribution in [0.4, 0.5) is 0 Å². The Kier molecular flexibility index (Phi) is 56.3. The minimum Gasteiger partial charge on any atom is -0.462 e. The molecule has 0 saturated carbocycles. The SMILES string of the molecule is CC/C=C\C/C=C\C/C=C\CCCCCCCCCCCC(=O)OCC(COC(=O)CCCCCCCCCCCCCCCCCCC)OC(=O)CCC/C=C\C/C=C\C/C=C\C/C=C\CCCCC. The van der Waals surface area contributed by atoms with Crippen molar-refractivity contribution in [1.82, 2.24) is 0 Å². The first-order valence-electron chi connectivity index (χ1n) is 30.1. The van der Waals surface area contributed by atoms with E-state index in [0.29, 0.717) is 19.3 Å². The predicted molar refractivity (Wildman–Crippen MR) is 307 cm³/mol. The molecule has 71 heavy (non-hydrogen) atoms. The molecule has 0 fully saturated rings. The molecule has 6 nitrogen and oxygen atoms in total. The molecule has 0 aromatic rings. The second-order valence-electron chi connectivity index (χ2n) is 19.9. The number of unbranched alkanes of at least 4 members (excludes halogenated alkanes) is 29. The van der Waals surface area contributed by atoms with Gasteiger partial charge in [-0.1, -0.05) is 266 Å². The van der Waals surface area contributed by atoms with Crippen molar-refractivity contribution in [3.05, 3.63) is 85.1 Å². The van der Waals surface area contributed by atoms with Gasteiger partial charge in [-0.05, 0) is 89.9 Å². The van der Waals surface area contributed by atoms with Gasteiger partial charge in [0.2, 0.25) is 0 Å². The molecule has 0 bridgehead atoms. The molecule has 0 aromatic carbocycles. The van der Waals surface area contributed by atoms with E-state index in [-0.39, 0.29) is 37.5 Å². The van der Waals surface area contributed by atoms with Gasteiger partial charge in [0.1, 0.15) is 13.2 Å². The Morgan fingerprint density at radius 1 is 0.296 bits per heavy atom. The van der Waals surface area contributed by atoms with Crippen molar-refractivity contribution < 1.29 is 28.6 Å². The van der Waals surface area contributed by atoms with Crippen LogP contribution in [0.5, 0.6) is 0 Å². The van der Waals surface area contributed by atoms with Crippen molar-refractivity contribution in [2.45, 2.75) is 297 Å². The van der Waals surface area contributed by atoms with E-state index in [2.05, 4.69) is 106 Å². The highest BCUT2D eigenvalue weighted by atomic mass is 16.6. The number of carbonyl (C=O) groups excluding carboxylic acids is 3. The topological polar surface area (TPSA) is 78.9 Å². The van der Waals surface area contributed by atoms with E-state index in [1.54, 1.807) is 0 Å². The molecule has 1 atom stereocenters. The van der Waals surface area contributed by atoms with Gasteiger partial charge in [0.05, 0.1) is 0 Å².